The standard InChI is InChI=1S/C15H24N4O/c1-12-8-16-6-4-13(12)9-17-15(20)11-19-7-5-14(10-19)18(2)3/h4,6,8,14H,5,7,9-11H2,1-3H3,(H,17,20)/t14-/m1/s1. The van der Waals surface area contributed by atoms with Crippen LogP contribution in [-0.4, -0.2) is 60.5 Å². The van der Waals surface area contributed by atoms with Gasteiger partial charge in [-0.25, -0.2) is 0 Å². The number of likely N-dealkylation sites (tertiary alicyclic amines) is 1. The van der Waals surface area contributed by atoms with Crippen LogP contribution in [0.2, 0.25) is 0 Å². The van der Waals surface area contributed by atoms with E-state index >= 15 is 0 Å². The summed E-state index contributed by atoms with van der Waals surface area (Å²) in [5.74, 6) is 0.0978. The molecule has 2 rings (SSSR count). The molecule has 110 valence electrons. The number of aryl methyl sites for hydroxylation is 1. The summed E-state index contributed by atoms with van der Waals surface area (Å²) in [4.78, 5) is 20.5. The summed E-state index contributed by atoms with van der Waals surface area (Å²) in [6, 6.07) is 2.53. The van der Waals surface area contributed by atoms with Gasteiger partial charge < -0.3 is 10.2 Å². The van der Waals surface area contributed by atoms with Gasteiger partial charge in [0.15, 0.2) is 0 Å². The fourth-order valence-corrected chi connectivity index (χ4v) is 2.53. The molecule has 0 aliphatic carbocycles. The molecule has 20 heavy (non-hydrogen) atoms. The van der Waals surface area contributed by atoms with Gasteiger partial charge in [-0.05, 0) is 44.6 Å². The van der Waals surface area contributed by atoms with Gasteiger partial charge in [0.2, 0.25) is 5.91 Å². The van der Waals surface area contributed by atoms with Crippen molar-refractivity contribution in [3.63, 3.8) is 0 Å². The number of pyridine rings is 1. The van der Waals surface area contributed by atoms with Gasteiger partial charge >= 0.3 is 0 Å². The average molecular weight is 276 g/mol. The Hall–Kier alpha value is -1.46. The third-order valence-corrected chi connectivity index (χ3v) is 3.96. The molecule has 0 unspecified atom stereocenters. The van der Waals surface area contributed by atoms with Crippen molar-refractivity contribution in [2.45, 2.75) is 25.9 Å². The zero-order chi connectivity index (χ0) is 14.5. The number of amides is 1. The van der Waals surface area contributed by atoms with Gasteiger partial charge in [0.1, 0.15) is 0 Å². The molecule has 0 saturated carbocycles. The van der Waals surface area contributed by atoms with Gasteiger partial charge in [-0.15, -0.1) is 0 Å². The van der Waals surface area contributed by atoms with Crippen molar-refractivity contribution in [3.8, 4) is 0 Å². The number of carbonyl (C=O) groups excluding carboxylic acids is 1. The fraction of sp³-hybridized carbons (Fsp3) is 0.600. The third kappa shape index (κ3) is 4.02. The molecule has 2 heterocycles. The Bertz CT molecular complexity index is 461. The second-order valence-corrected chi connectivity index (χ2v) is 5.72. The van der Waals surface area contributed by atoms with E-state index in [0.29, 0.717) is 19.1 Å². The Kier molecular flexibility index (Phi) is 5.09. The van der Waals surface area contributed by atoms with E-state index in [1.54, 1.807) is 6.20 Å². The van der Waals surface area contributed by atoms with Crippen LogP contribution in [0.5, 0.6) is 0 Å². The quantitative estimate of drug-likeness (QED) is 0.857. The molecular weight excluding hydrogens is 252 g/mol. The lowest BCUT2D eigenvalue weighted by Gasteiger charge is -2.20. The Morgan fingerprint density at radius 3 is 3.00 bits per heavy atom. The first-order valence-electron chi connectivity index (χ1n) is 7.11. The molecule has 0 bridgehead atoms. The Morgan fingerprint density at radius 1 is 1.55 bits per heavy atom. The van der Waals surface area contributed by atoms with Gasteiger partial charge in [-0.3, -0.25) is 14.7 Å². The molecule has 0 radical (unpaired) electrons. The number of nitrogens with one attached hydrogen (secondary N) is 1. The van der Waals surface area contributed by atoms with Crippen LogP contribution in [0.3, 0.4) is 0 Å². The minimum absolute atomic E-state index is 0.0978. The maximum absolute atomic E-state index is 12.0. The van der Waals surface area contributed by atoms with E-state index in [0.717, 1.165) is 30.6 Å². The normalized spacial score (nSPS) is 19.5. The summed E-state index contributed by atoms with van der Waals surface area (Å²) in [6.45, 7) is 5.07. The molecule has 1 saturated heterocycles. The number of hydrogen-bond donors (Lipinski definition) is 1. The zero-order valence-electron chi connectivity index (χ0n) is 12.6. The average Bonchev–Trinajstić information content (AvgIpc) is 2.86. The van der Waals surface area contributed by atoms with Gasteiger partial charge in [-0.1, -0.05) is 0 Å². The number of rotatable bonds is 5. The predicted molar refractivity (Wildman–Crippen MR) is 79.4 cm³/mol. The maximum Gasteiger partial charge on any atom is 0.234 e. The van der Waals surface area contributed by atoms with Crippen LogP contribution >= 0.6 is 0 Å². The molecule has 1 aliphatic heterocycles. The monoisotopic (exact) mass is 276 g/mol. The summed E-state index contributed by atoms with van der Waals surface area (Å²) in [6.07, 6.45) is 4.73. The number of nitrogens with zero attached hydrogens (tertiary/aromatic N) is 3. The molecule has 1 aromatic heterocycles. The van der Waals surface area contributed by atoms with Crippen molar-refractivity contribution in [1.82, 2.24) is 20.1 Å². The topological polar surface area (TPSA) is 48.5 Å². The lowest BCUT2D eigenvalue weighted by Crippen LogP contribution is -2.38. The molecule has 1 aromatic rings. The number of likely N-dealkylation sites (N-methyl/N-ethyl adjacent to an activating group) is 1. The van der Waals surface area contributed by atoms with Crippen LogP contribution in [-0.2, 0) is 11.3 Å². The molecular formula is C15H24N4O. The van der Waals surface area contributed by atoms with Crippen molar-refractivity contribution in [2.24, 2.45) is 0 Å². The molecule has 5 heteroatoms. The fourth-order valence-electron chi connectivity index (χ4n) is 2.53. The lowest BCUT2D eigenvalue weighted by molar-refractivity contribution is -0.122. The van der Waals surface area contributed by atoms with Gasteiger partial charge in [-0.2, -0.15) is 0 Å². The van der Waals surface area contributed by atoms with Crippen LogP contribution < -0.4 is 5.32 Å². The summed E-state index contributed by atoms with van der Waals surface area (Å²) in [5, 5.41) is 2.99. The molecule has 1 aliphatic rings. The molecule has 1 amide bonds. The van der Waals surface area contributed by atoms with Crippen molar-refractivity contribution in [2.75, 3.05) is 33.7 Å². The van der Waals surface area contributed by atoms with Gasteiger partial charge in [0, 0.05) is 38.1 Å². The van der Waals surface area contributed by atoms with Crippen molar-refractivity contribution < 1.29 is 4.79 Å². The second kappa shape index (κ2) is 6.81. The maximum atomic E-state index is 12.0. The van der Waals surface area contributed by atoms with Crippen molar-refractivity contribution >= 4 is 5.91 Å². The highest BCUT2D eigenvalue weighted by Crippen LogP contribution is 2.12. The number of carbonyl (C=O) groups is 1. The molecule has 0 aromatic carbocycles. The van der Waals surface area contributed by atoms with Crippen LogP contribution in [0.25, 0.3) is 0 Å². The van der Waals surface area contributed by atoms with E-state index in [-0.39, 0.29) is 5.91 Å². The van der Waals surface area contributed by atoms with Crippen LogP contribution in [0.4, 0.5) is 0 Å². The van der Waals surface area contributed by atoms with Gasteiger partial charge in [0.05, 0.1) is 6.54 Å². The van der Waals surface area contributed by atoms with Crippen LogP contribution in [0.15, 0.2) is 18.5 Å². The van der Waals surface area contributed by atoms with Crippen LogP contribution in [0.1, 0.15) is 17.5 Å². The first-order chi connectivity index (χ1) is 9.56. The van der Waals surface area contributed by atoms with Crippen LogP contribution in [0, 0.1) is 6.92 Å². The smallest absolute Gasteiger partial charge is 0.234 e. The molecule has 1 fully saturated rings. The number of aromatic nitrogens is 1. The minimum Gasteiger partial charge on any atom is -0.351 e. The summed E-state index contributed by atoms with van der Waals surface area (Å²) < 4.78 is 0. The van der Waals surface area contributed by atoms with E-state index in [1.165, 1.54) is 0 Å². The highest BCUT2D eigenvalue weighted by Gasteiger charge is 2.25. The molecule has 0 spiro atoms. The third-order valence-electron chi connectivity index (χ3n) is 3.96. The first kappa shape index (κ1) is 14.9. The molecule has 5 nitrogen and oxygen atoms in total. The van der Waals surface area contributed by atoms with Crippen molar-refractivity contribution in [1.29, 1.82) is 0 Å². The lowest BCUT2D eigenvalue weighted by atomic mass is 10.1. The SMILES string of the molecule is Cc1cnccc1CNC(=O)CN1CC[C@@H](N(C)C)C1. The Labute approximate surface area is 121 Å². The Balaban J connectivity index is 1.75. The van der Waals surface area contributed by atoms with E-state index in [2.05, 4.69) is 34.2 Å². The minimum atomic E-state index is 0.0978. The summed E-state index contributed by atoms with van der Waals surface area (Å²) >= 11 is 0. The largest absolute Gasteiger partial charge is 0.351 e. The van der Waals surface area contributed by atoms with Gasteiger partial charge in [0.25, 0.3) is 0 Å². The summed E-state index contributed by atoms with van der Waals surface area (Å²) in [5.41, 5.74) is 2.24. The van der Waals surface area contributed by atoms with Crippen molar-refractivity contribution in [3.05, 3.63) is 29.6 Å². The number of hydrogen-bond acceptors (Lipinski definition) is 4. The summed E-state index contributed by atoms with van der Waals surface area (Å²) in [7, 11) is 4.20. The van der Waals surface area contributed by atoms with E-state index in [4.69, 9.17) is 0 Å². The second-order valence-electron chi connectivity index (χ2n) is 5.72. The van der Waals surface area contributed by atoms with E-state index in [9.17, 15) is 4.79 Å². The highest BCUT2D eigenvalue weighted by atomic mass is 16.2. The zero-order valence-corrected chi connectivity index (χ0v) is 12.6. The van der Waals surface area contributed by atoms with E-state index in [1.807, 2.05) is 19.2 Å². The highest BCUT2D eigenvalue weighted by molar-refractivity contribution is 5.78. The first-order valence-corrected chi connectivity index (χ1v) is 7.11. The molecule has 1 N–H and O–H groups in total. The molecule has 1 atom stereocenters. The predicted octanol–water partition coefficient (Wildman–Crippen LogP) is 0.642. The Morgan fingerprint density at radius 2 is 2.35 bits per heavy atom. The van der Waals surface area contributed by atoms with E-state index < -0.39 is 0 Å².